The first kappa shape index (κ1) is 12.1. The molecule has 0 spiro atoms. The van der Waals surface area contributed by atoms with Crippen LogP contribution < -0.4 is 5.32 Å². The summed E-state index contributed by atoms with van der Waals surface area (Å²) in [5.74, 6) is -1.59. The van der Waals surface area contributed by atoms with Gasteiger partial charge in [-0.15, -0.1) is 5.10 Å². The maximum absolute atomic E-state index is 11.6. The lowest BCUT2D eigenvalue weighted by Crippen LogP contribution is -2.40. The maximum atomic E-state index is 11.6. The second-order valence-electron chi connectivity index (χ2n) is 3.33. The van der Waals surface area contributed by atoms with Gasteiger partial charge in [0.2, 0.25) is 0 Å². The van der Waals surface area contributed by atoms with E-state index >= 15 is 0 Å². The summed E-state index contributed by atoms with van der Waals surface area (Å²) in [5, 5.41) is 18.5. The largest absolute Gasteiger partial charge is 0.480 e. The molecule has 0 saturated carbocycles. The zero-order chi connectivity index (χ0) is 12.1. The Kier molecular flexibility index (Phi) is 3.93. The third-order valence-corrected chi connectivity index (χ3v) is 2.04. The van der Waals surface area contributed by atoms with Gasteiger partial charge >= 0.3 is 5.97 Å². The highest BCUT2D eigenvalue weighted by Crippen LogP contribution is 1.98. The van der Waals surface area contributed by atoms with Gasteiger partial charge in [0, 0.05) is 0 Å². The van der Waals surface area contributed by atoms with Crippen LogP contribution in [0, 0.1) is 6.92 Å². The molecule has 6 heteroatoms. The van der Waals surface area contributed by atoms with E-state index < -0.39 is 17.9 Å². The van der Waals surface area contributed by atoms with E-state index in [2.05, 4.69) is 15.5 Å². The first-order valence-electron chi connectivity index (χ1n) is 4.88. The van der Waals surface area contributed by atoms with Gasteiger partial charge in [0.1, 0.15) is 6.04 Å². The topological polar surface area (TPSA) is 92.2 Å². The summed E-state index contributed by atoms with van der Waals surface area (Å²) in [6, 6.07) is 2.26. The molecule has 1 unspecified atom stereocenters. The minimum Gasteiger partial charge on any atom is -0.480 e. The fourth-order valence-corrected chi connectivity index (χ4v) is 1.09. The van der Waals surface area contributed by atoms with Gasteiger partial charge in [-0.25, -0.2) is 4.79 Å². The van der Waals surface area contributed by atoms with Crippen molar-refractivity contribution in [2.45, 2.75) is 26.3 Å². The van der Waals surface area contributed by atoms with Crippen LogP contribution in [0.1, 0.15) is 29.5 Å². The van der Waals surface area contributed by atoms with Crippen molar-refractivity contribution < 1.29 is 14.7 Å². The smallest absolute Gasteiger partial charge is 0.326 e. The summed E-state index contributed by atoms with van der Waals surface area (Å²) in [6.45, 7) is 3.43. The number of aromatic nitrogens is 2. The first-order valence-corrected chi connectivity index (χ1v) is 4.88. The third-order valence-electron chi connectivity index (χ3n) is 2.04. The first-order chi connectivity index (χ1) is 7.54. The molecule has 16 heavy (non-hydrogen) atoms. The van der Waals surface area contributed by atoms with Crippen LogP contribution in [0.5, 0.6) is 0 Å². The van der Waals surface area contributed by atoms with Crippen LogP contribution in [0.4, 0.5) is 0 Å². The second-order valence-corrected chi connectivity index (χ2v) is 3.33. The highest BCUT2D eigenvalue weighted by Gasteiger charge is 2.19. The van der Waals surface area contributed by atoms with Crippen molar-refractivity contribution in [1.29, 1.82) is 0 Å². The normalized spacial score (nSPS) is 11.9. The van der Waals surface area contributed by atoms with Crippen molar-refractivity contribution in [2.24, 2.45) is 0 Å². The van der Waals surface area contributed by atoms with Crippen LogP contribution in [0.25, 0.3) is 0 Å². The standard InChI is InChI=1S/C10H13N3O3/c1-3-7(10(15)16)11-9(14)8-5-4-6(2)12-13-8/h4-5,7H,3H2,1-2H3,(H,11,14)(H,15,16). The lowest BCUT2D eigenvalue weighted by molar-refractivity contribution is -0.139. The Morgan fingerprint density at radius 1 is 1.44 bits per heavy atom. The number of hydrogen-bond acceptors (Lipinski definition) is 4. The van der Waals surface area contributed by atoms with E-state index in [1.54, 1.807) is 19.9 Å². The average Bonchev–Trinajstić information content (AvgIpc) is 2.26. The molecule has 86 valence electrons. The van der Waals surface area contributed by atoms with Gasteiger partial charge in [-0.05, 0) is 25.5 Å². The summed E-state index contributed by atoms with van der Waals surface area (Å²) in [4.78, 5) is 22.3. The molecule has 0 bridgehead atoms. The van der Waals surface area contributed by atoms with Gasteiger partial charge in [0.25, 0.3) is 5.91 Å². The fourth-order valence-electron chi connectivity index (χ4n) is 1.09. The van der Waals surface area contributed by atoms with E-state index in [1.165, 1.54) is 6.07 Å². The highest BCUT2D eigenvalue weighted by molar-refractivity contribution is 5.94. The Balaban J connectivity index is 2.71. The molecule has 0 saturated heterocycles. The Labute approximate surface area is 92.7 Å². The predicted octanol–water partition coefficient (Wildman–Crippen LogP) is 0.378. The SMILES string of the molecule is CCC(NC(=O)c1ccc(C)nn1)C(=O)O. The lowest BCUT2D eigenvalue weighted by Gasteiger charge is -2.11. The van der Waals surface area contributed by atoms with Gasteiger partial charge in [0.15, 0.2) is 5.69 Å². The molecular formula is C10H13N3O3. The van der Waals surface area contributed by atoms with Crippen LogP contribution in [0.3, 0.4) is 0 Å². The molecule has 1 atom stereocenters. The zero-order valence-electron chi connectivity index (χ0n) is 9.10. The third kappa shape index (κ3) is 3.01. The minimum atomic E-state index is -1.06. The predicted molar refractivity (Wildman–Crippen MR) is 56.0 cm³/mol. The summed E-state index contributed by atoms with van der Waals surface area (Å²) in [5.41, 5.74) is 0.812. The van der Waals surface area contributed by atoms with E-state index in [0.29, 0.717) is 12.1 Å². The number of hydrogen-bond donors (Lipinski definition) is 2. The quantitative estimate of drug-likeness (QED) is 0.769. The van der Waals surface area contributed by atoms with Crippen LogP contribution in [0.15, 0.2) is 12.1 Å². The number of carbonyl (C=O) groups excluding carboxylic acids is 1. The second kappa shape index (κ2) is 5.20. The van der Waals surface area contributed by atoms with Gasteiger partial charge in [-0.3, -0.25) is 4.79 Å². The van der Waals surface area contributed by atoms with Gasteiger partial charge in [0.05, 0.1) is 5.69 Å². The van der Waals surface area contributed by atoms with E-state index in [9.17, 15) is 9.59 Å². The average molecular weight is 223 g/mol. The Bertz CT molecular complexity index is 389. The molecule has 0 radical (unpaired) electrons. The van der Waals surface area contributed by atoms with Crippen LogP contribution >= 0.6 is 0 Å². The fraction of sp³-hybridized carbons (Fsp3) is 0.400. The summed E-state index contributed by atoms with van der Waals surface area (Å²) < 4.78 is 0. The molecule has 1 rings (SSSR count). The van der Waals surface area contributed by atoms with Crippen molar-refractivity contribution in [3.63, 3.8) is 0 Å². The number of rotatable bonds is 4. The number of nitrogens with one attached hydrogen (secondary N) is 1. The number of carbonyl (C=O) groups is 2. The molecule has 2 N–H and O–H groups in total. The number of carboxylic acid groups (broad SMARTS) is 1. The number of amides is 1. The molecular weight excluding hydrogens is 210 g/mol. The van der Waals surface area contributed by atoms with Crippen molar-refractivity contribution in [1.82, 2.24) is 15.5 Å². The monoisotopic (exact) mass is 223 g/mol. The van der Waals surface area contributed by atoms with E-state index in [0.717, 1.165) is 0 Å². The number of carboxylic acids is 1. The molecule has 0 fully saturated rings. The number of aliphatic carboxylic acids is 1. The molecule has 1 aromatic heterocycles. The lowest BCUT2D eigenvalue weighted by atomic mass is 10.2. The Hall–Kier alpha value is -1.98. The van der Waals surface area contributed by atoms with Crippen LogP contribution in [0.2, 0.25) is 0 Å². The summed E-state index contributed by atoms with van der Waals surface area (Å²) in [7, 11) is 0. The minimum absolute atomic E-state index is 0.116. The van der Waals surface area contributed by atoms with Crippen molar-refractivity contribution in [3.05, 3.63) is 23.5 Å². The van der Waals surface area contributed by atoms with Gasteiger partial charge in [-0.1, -0.05) is 6.92 Å². The number of nitrogens with zero attached hydrogens (tertiary/aromatic N) is 2. The molecule has 0 aromatic carbocycles. The van der Waals surface area contributed by atoms with E-state index in [4.69, 9.17) is 5.11 Å². The molecule has 1 heterocycles. The van der Waals surface area contributed by atoms with Crippen molar-refractivity contribution in [2.75, 3.05) is 0 Å². The van der Waals surface area contributed by atoms with Crippen LogP contribution in [-0.2, 0) is 4.79 Å². The van der Waals surface area contributed by atoms with Gasteiger partial charge in [-0.2, -0.15) is 5.10 Å². The molecule has 6 nitrogen and oxygen atoms in total. The summed E-state index contributed by atoms with van der Waals surface area (Å²) >= 11 is 0. The van der Waals surface area contributed by atoms with Crippen LogP contribution in [-0.4, -0.2) is 33.2 Å². The summed E-state index contributed by atoms with van der Waals surface area (Å²) in [6.07, 6.45) is 0.320. The molecule has 0 aliphatic rings. The Morgan fingerprint density at radius 2 is 2.12 bits per heavy atom. The van der Waals surface area contributed by atoms with Crippen molar-refractivity contribution >= 4 is 11.9 Å². The van der Waals surface area contributed by atoms with Crippen molar-refractivity contribution in [3.8, 4) is 0 Å². The zero-order valence-corrected chi connectivity index (χ0v) is 9.10. The maximum Gasteiger partial charge on any atom is 0.326 e. The van der Waals surface area contributed by atoms with E-state index in [1.807, 2.05) is 0 Å². The molecule has 1 amide bonds. The molecule has 1 aromatic rings. The molecule has 0 aliphatic heterocycles. The van der Waals surface area contributed by atoms with E-state index in [-0.39, 0.29) is 5.69 Å². The van der Waals surface area contributed by atoms with Gasteiger partial charge < -0.3 is 10.4 Å². The number of aryl methyl sites for hydroxylation is 1. The Morgan fingerprint density at radius 3 is 2.56 bits per heavy atom. The molecule has 0 aliphatic carbocycles. The highest BCUT2D eigenvalue weighted by atomic mass is 16.4.